The summed E-state index contributed by atoms with van der Waals surface area (Å²) in [6.45, 7) is 7.56. The van der Waals surface area contributed by atoms with Crippen molar-refractivity contribution in [2.75, 3.05) is 27.4 Å². The summed E-state index contributed by atoms with van der Waals surface area (Å²) < 4.78 is 13.2. The largest absolute Gasteiger partial charge is 0.497 e. The van der Waals surface area contributed by atoms with Crippen molar-refractivity contribution in [3.05, 3.63) is 70.0 Å². The van der Waals surface area contributed by atoms with E-state index in [-0.39, 0.29) is 0 Å². The van der Waals surface area contributed by atoms with Crippen molar-refractivity contribution >= 4 is 11.6 Å². The maximum Gasteiger partial charge on any atom is 0.152 e. The Morgan fingerprint density at radius 3 is 2.34 bits per heavy atom. The molecule has 3 aromatic rings. The Morgan fingerprint density at radius 1 is 1.00 bits per heavy atom. The van der Waals surface area contributed by atoms with Crippen LogP contribution in [0.5, 0.6) is 5.75 Å². The van der Waals surface area contributed by atoms with E-state index < -0.39 is 0 Å². The molecule has 1 aliphatic heterocycles. The van der Waals surface area contributed by atoms with Crippen LogP contribution in [-0.2, 0) is 30.7 Å². The molecule has 35 heavy (non-hydrogen) atoms. The molecule has 0 bridgehead atoms. The number of aryl methyl sites for hydroxylation is 2. The fourth-order valence-corrected chi connectivity index (χ4v) is 5.57. The Hall–Kier alpha value is -2.34. The first kappa shape index (κ1) is 25.7. The number of hydrogen-bond donors (Lipinski definition) is 0. The van der Waals surface area contributed by atoms with Crippen molar-refractivity contribution in [2.24, 2.45) is 0 Å². The molecular weight excluding hydrogens is 458 g/mol. The lowest BCUT2D eigenvalue weighted by molar-refractivity contribution is 0.135. The smallest absolute Gasteiger partial charge is 0.152 e. The highest BCUT2D eigenvalue weighted by Gasteiger charge is 2.28. The number of ether oxygens (including phenoxy) is 2. The normalized spacial score (nSPS) is 16.5. The lowest BCUT2D eigenvalue weighted by atomic mass is 9.95. The maximum atomic E-state index is 6.91. The fraction of sp³-hybridized carbons (Fsp3) is 0.483. The van der Waals surface area contributed by atoms with Gasteiger partial charge < -0.3 is 14.0 Å². The van der Waals surface area contributed by atoms with Crippen molar-refractivity contribution < 1.29 is 9.47 Å². The summed E-state index contributed by atoms with van der Waals surface area (Å²) in [5, 5.41) is 0.600. The summed E-state index contributed by atoms with van der Waals surface area (Å²) in [6, 6.07) is 15.4. The van der Waals surface area contributed by atoms with Gasteiger partial charge in [-0.25, -0.2) is 4.98 Å². The van der Waals surface area contributed by atoms with E-state index in [1.165, 1.54) is 35.1 Å². The number of methoxy groups -OCH3 is 2. The van der Waals surface area contributed by atoms with E-state index in [0.717, 1.165) is 56.2 Å². The Labute approximate surface area is 215 Å². The van der Waals surface area contributed by atoms with Gasteiger partial charge >= 0.3 is 0 Å². The van der Waals surface area contributed by atoms with E-state index >= 15 is 0 Å². The van der Waals surface area contributed by atoms with Gasteiger partial charge in [-0.3, -0.25) is 4.90 Å². The molecule has 4 rings (SSSR count). The zero-order valence-electron chi connectivity index (χ0n) is 21.5. The predicted molar refractivity (Wildman–Crippen MR) is 143 cm³/mol. The Bertz CT molecular complexity index is 1090. The predicted octanol–water partition coefficient (Wildman–Crippen LogP) is 6.71. The Balaban J connectivity index is 1.73. The van der Waals surface area contributed by atoms with E-state index in [2.05, 4.69) is 65.8 Å². The number of nitrogens with zero attached hydrogens (tertiary/aromatic N) is 3. The summed E-state index contributed by atoms with van der Waals surface area (Å²) in [7, 11) is 3.46. The lowest BCUT2D eigenvalue weighted by Crippen LogP contribution is -2.34. The van der Waals surface area contributed by atoms with Gasteiger partial charge in [0.1, 0.15) is 11.6 Å². The molecule has 1 aliphatic rings. The van der Waals surface area contributed by atoms with E-state index in [4.69, 9.17) is 26.1 Å². The molecule has 6 heteroatoms. The van der Waals surface area contributed by atoms with Crippen LogP contribution in [0.15, 0.2) is 42.5 Å². The average Bonchev–Trinajstić information content (AvgIpc) is 3.21. The molecule has 5 nitrogen and oxygen atoms in total. The van der Waals surface area contributed by atoms with E-state index in [0.29, 0.717) is 17.8 Å². The molecule has 0 amide bonds. The zero-order chi connectivity index (χ0) is 24.8. The number of rotatable bonds is 10. The summed E-state index contributed by atoms with van der Waals surface area (Å²) in [6.07, 6.45) is 5.49. The number of imidazole rings is 1. The number of aromatic nitrogens is 2. The van der Waals surface area contributed by atoms with Gasteiger partial charge in [-0.1, -0.05) is 62.2 Å². The van der Waals surface area contributed by atoms with Crippen LogP contribution in [0.3, 0.4) is 0 Å². The number of likely N-dealkylation sites (tertiary alicyclic amines) is 1. The standard InChI is InChI=1S/C29H38ClN3O2/c1-5-21-10-9-11-22(6-2)27(21)29-31-28(30)26(33(29)18-19-34-3)20-32-17-8-7-12-25(32)23-13-15-24(35-4)16-14-23/h9-11,13-16,25H,5-8,12,17-20H2,1-4H3. The SMILES string of the molecule is CCc1cccc(CC)c1-c1nc(Cl)c(CN2CCCCC2c2ccc(OC)cc2)n1CCOC. The summed E-state index contributed by atoms with van der Waals surface area (Å²) >= 11 is 6.91. The van der Waals surface area contributed by atoms with Gasteiger partial charge in [0, 0.05) is 31.8 Å². The summed E-state index contributed by atoms with van der Waals surface area (Å²) in [5.74, 6) is 1.86. The van der Waals surface area contributed by atoms with Crippen LogP contribution in [0, 0.1) is 0 Å². The highest BCUT2D eigenvalue weighted by molar-refractivity contribution is 6.30. The van der Waals surface area contributed by atoms with Gasteiger partial charge in [0.2, 0.25) is 0 Å². The van der Waals surface area contributed by atoms with E-state index in [1.54, 1.807) is 14.2 Å². The second kappa shape index (κ2) is 12.1. The second-order valence-corrected chi connectivity index (χ2v) is 9.59. The molecule has 0 N–H and O–H groups in total. The Morgan fingerprint density at radius 2 is 1.71 bits per heavy atom. The van der Waals surface area contributed by atoms with Gasteiger partial charge in [-0.05, 0) is 61.1 Å². The topological polar surface area (TPSA) is 39.5 Å². The summed E-state index contributed by atoms with van der Waals surface area (Å²) in [5.41, 5.74) is 6.25. The van der Waals surface area contributed by atoms with Crippen LogP contribution >= 0.6 is 11.6 Å². The molecule has 0 spiro atoms. The van der Waals surface area contributed by atoms with Gasteiger partial charge in [-0.15, -0.1) is 0 Å². The quantitative estimate of drug-likeness (QED) is 0.313. The molecule has 0 radical (unpaired) electrons. The number of piperidine rings is 1. The van der Waals surface area contributed by atoms with Crippen molar-refractivity contribution in [3.63, 3.8) is 0 Å². The molecule has 0 aliphatic carbocycles. The highest BCUT2D eigenvalue weighted by atomic mass is 35.5. The van der Waals surface area contributed by atoms with Crippen molar-refractivity contribution in [1.29, 1.82) is 0 Å². The summed E-state index contributed by atoms with van der Waals surface area (Å²) in [4.78, 5) is 7.53. The highest BCUT2D eigenvalue weighted by Crippen LogP contribution is 2.36. The molecule has 2 heterocycles. The molecule has 0 saturated carbocycles. The molecule has 1 unspecified atom stereocenters. The molecule has 1 saturated heterocycles. The molecule has 1 fully saturated rings. The minimum absolute atomic E-state index is 0.356. The third-order valence-electron chi connectivity index (χ3n) is 7.23. The average molecular weight is 496 g/mol. The maximum absolute atomic E-state index is 6.91. The van der Waals surface area contributed by atoms with Gasteiger partial charge in [0.15, 0.2) is 5.15 Å². The molecule has 188 valence electrons. The first-order valence-corrected chi connectivity index (χ1v) is 13.2. The van der Waals surface area contributed by atoms with E-state index in [9.17, 15) is 0 Å². The van der Waals surface area contributed by atoms with Crippen LogP contribution in [0.4, 0.5) is 0 Å². The van der Waals surface area contributed by atoms with Crippen molar-refractivity contribution in [2.45, 2.75) is 65.1 Å². The van der Waals surface area contributed by atoms with Gasteiger partial charge in [0.05, 0.1) is 19.4 Å². The van der Waals surface area contributed by atoms with Gasteiger partial charge in [0.25, 0.3) is 0 Å². The first-order chi connectivity index (χ1) is 17.1. The number of hydrogen-bond acceptors (Lipinski definition) is 4. The minimum Gasteiger partial charge on any atom is -0.497 e. The van der Waals surface area contributed by atoms with Crippen LogP contribution in [-0.4, -0.2) is 41.8 Å². The fourth-order valence-electron chi connectivity index (χ4n) is 5.33. The second-order valence-electron chi connectivity index (χ2n) is 9.23. The van der Waals surface area contributed by atoms with Crippen LogP contribution in [0.25, 0.3) is 11.4 Å². The van der Waals surface area contributed by atoms with Crippen LogP contribution in [0.1, 0.15) is 61.5 Å². The van der Waals surface area contributed by atoms with E-state index in [1.807, 2.05) is 0 Å². The molecule has 1 atom stereocenters. The Kier molecular flexibility index (Phi) is 8.88. The van der Waals surface area contributed by atoms with Crippen LogP contribution in [0.2, 0.25) is 5.15 Å². The van der Waals surface area contributed by atoms with Crippen molar-refractivity contribution in [3.8, 4) is 17.1 Å². The minimum atomic E-state index is 0.356. The number of benzene rings is 2. The monoisotopic (exact) mass is 495 g/mol. The van der Waals surface area contributed by atoms with Gasteiger partial charge in [-0.2, -0.15) is 0 Å². The van der Waals surface area contributed by atoms with Crippen molar-refractivity contribution in [1.82, 2.24) is 14.5 Å². The number of halogens is 1. The van der Waals surface area contributed by atoms with Crippen LogP contribution < -0.4 is 4.74 Å². The third kappa shape index (κ3) is 5.58. The molecule has 1 aromatic heterocycles. The molecule has 2 aromatic carbocycles. The molecular formula is C29H38ClN3O2. The third-order valence-corrected chi connectivity index (χ3v) is 7.53. The first-order valence-electron chi connectivity index (χ1n) is 12.8. The lowest BCUT2D eigenvalue weighted by Gasteiger charge is -2.36. The zero-order valence-corrected chi connectivity index (χ0v) is 22.3.